The predicted molar refractivity (Wildman–Crippen MR) is 118 cm³/mol. The highest BCUT2D eigenvalue weighted by atomic mass is 16.5. The highest BCUT2D eigenvalue weighted by Gasteiger charge is 2.67. The molecular formula is C23H28N6O3. The van der Waals surface area contributed by atoms with Crippen molar-refractivity contribution >= 4 is 17.4 Å². The van der Waals surface area contributed by atoms with Crippen molar-refractivity contribution in [2.24, 2.45) is 17.8 Å². The number of nitrogens with zero attached hydrogens (tertiary/aromatic N) is 2. The third-order valence-corrected chi connectivity index (χ3v) is 7.93. The summed E-state index contributed by atoms with van der Waals surface area (Å²) in [4.78, 5) is 21.3. The normalized spacial score (nSPS) is 34.6. The molecule has 1 aromatic carbocycles. The van der Waals surface area contributed by atoms with Crippen LogP contribution in [0.1, 0.15) is 31.2 Å². The molecule has 6 rings (SSSR count). The Bertz CT molecular complexity index is 1060. The largest absolute Gasteiger partial charge is 0.497 e. The molecular weight excluding hydrogens is 408 g/mol. The van der Waals surface area contributed by atoms with Crippen molar-refractivity contribution in [1.29, 1.82) is 0 Å². The van der Waals surface area contributed by atoms with Crippen LogP contribution in [0, 0.1) is 17.8 Å². The van der Waals surface area contributed by atoms with Crippen LogP contribution in [-0.4, -0.2) is 42.3 Å². The number of benzene rings is 1. The van der Waals surface area contributed by atoms with Gasteiger partial charge in [0.1, 0.15) is 12.1 Å². The molecule has 3 heterocycles. The van der Waals surface area contributed by atoms with Gasteiger partial charge in [-0.05, 0) is 61.3 Å². The number of anilines is 2. The Balaban J connectivity index is 1.16. The molecule has 0 radical (unpaired) electrons. The number of aromatic nitrogens is 2. The van der Waals surface area contributed by atoms with Crippen LogP contribution in [0.4, 0.5) is 11.5 Å². The average Bonchev–Trinajstić information content (AvgIpc) is 3.38. The first kappa shape index (κ1) is 19.8. The molecule has 2 aromatic rings. The number of methoxy groups -OCH3 is 2. The van der Waals surface area contributed by atoms with Gasteiger partial charge in [0.25, 0.3) is 0 Å². The Morgan fingerprint density at radius 1 is 1.19 bits per heavy atom. The van der Waals surface area contributed by atoms with E-state index in [2.05, 4.69) is 31.5 Å². The lowest BCUT2D eigenvalue weighted by Gasteiger charge is -2.34. The molecule has 9 nitrogen and oxygen atoms in total. The molecule has 1 amide bonds. The summed E-state index contributed by atoms with van der Waals surface area (Å²) in [5.41, 5.74) is 8.57. The van der Waals surface area contributed by atoms with Crippen molar-refractivity contribution in [3.63, 3.8) is 0 Å². The Morgan fingerprint density at radius 2 is 2.09 bits per heavy atom. The molecule has 1 aromatic heterocycles. The second-order valence-corrected chi connectivity index (χ2v) is 9.34. The third-order valence-electron chi connectivity index (χ3n) is 7.93. The second kappa shape index (κ2) is 7.31. The minimum atomic E-state index is -0.376. The molecule has 168 valence electrons. The minimum absolute atomic E-state index is 0.0673. The predicted octanol–water partition coefficient (Wildman–Crippen LogP) is 2.03. The van der Waals surface area contributed by atoms with Crippen molar-refractivity contribution in [2.45, 2.75) is 43.3 Å². The van der Waals surface area contributed by atoms with Crippen LogP contribution >= 0.6 is 0 Å². The molecule has 32 heavy (non-hydrogen) atoms. The number of nitrogens with one attached hydrogen (secondary N) is 4. The summed E-state index contributed by atoms with van der Waals surface area (Å²) in [5.74, 6) is 3.62. The lowest BCUT2D eigenvalue weighted by atomic mass is 9.74. The summed E-state index contributed by atoms with van der Waals surface area (Å²) in [5, 5.41) is 6.58. The van der Waals surface area contributed by atoms with Gasteiger partial charge in [-0.25, -0.2) is 15.4 Å². The first-order valence-electron chi connectivity index (χ1n) is 11.3. The van der Waals surface area contributed by atoms with Gasteiger partial charge in [-0.1, -0.05) is 0 Å². The van der Waals surface area contributed by atoms with Crippen LogP contribution < -0.4 is 31.0 Å². The Labute approximate surface area is 186 Å². The van der Waals surface area contributed by atoms with Crippen molar-refractivity contribution in [1.82, 2.24) is 20.8 Å². The lowest BCUT2D eigenvalue weighted by Crippen LogP contribution is -2.39. The van der Waals surface area contributed by atoms with Gasteiger partial charge < -0.3 is 20.1 Å². The van der Waals surface area contributed by atoms with E-state index in [1.807, 2.05) is 18.2 Å². The van der Waals surface area contributed by atoms with Gasteiger partial charge in [0.2, 0.25) is 5.91 Å². The van der Waals surface area contributed by atoms with Gasteiger partial charge in [0.15, 0.2) is 11.6 Å². The van der Waals surface area contributed by atoms with E-state index in [4.69, 9.17) is 9.47 Å². The highest BCUT2D eigenvalue weighted by Crippen LogP contribution is 2.65. The molecule has 9 heteroatoms. The van der Waals surface area contributed by atoms with E-state index in [-0.39, 0.29) is 17.5 Å². The maximum Gasteiger partial charge on any atom is 0.235 e. The highest BCUT2D eigenvalue weighted by molar-refractivity contribution is 6.09. The summed E-state index contributed by atoms with van der Waals surface area (Å²) in [7, 11) is 3.29. The number of fused-ring (bicyclic) bond motifs is 3. The Kier molecular flexibility index (Phi) is 4.51. The number of carbonyl (C=O) groups is 1. The third kappa shape index (κ3) is 2.87. The lowest BCUT2D eigenvalue weighted by molar-refractivity contribution is -0.118. The number of amides is 1. The minimum Gasteiger partial charge on any atom is -0.497 e. The molecule has 1 spiro atoms. The van der Waals surface area contributed by atoms with Crippen molar-refractivity contribution < 1.29 is 14.3 Å². The van der Waals surface area contributed by atoms with Crippen LogP contribution in [0.5, 0.6) is 11.5 Å². The summed E-state index contributed by atoms with van der Waals surface area (Å²) in [6.45, 7) is 0. The van der Waals surface area contributed by atoms with Gasteiger partial charge in [0.05, 0.1) is 32.0 Å². The number of hydrogen-bond donors (Lipinski definition) is 4. The number of carbonyl (C=O) groups excluding carboxylic acids is 1. The van der Waals surface area contributed by atoms with Crippen LogP contribution in [0.15, 0.2) is 30.7 Å². The summed E-state index contributed by atoms with van der Waals surface area (Å²) < 4.78 is 10.8. The van der Waals surface area contributed by atoms with E-state index in [1.54, 1.807) is 20.4 Å². The van der Waals surface area contributed by atoms with Gasteiger partial charge in [-0.3, -0.25) is 10.2 Å². The molecule has 0 bridgehead atoms. The van der Waals surface area contributed by atoms with Gasteiger partial charge in [0, 0.05) is 17.6 Å². The molecule has 4 N–H and O–H groups in total. The second-order valence-electron chi connectivity index (χ2n) is 9.34. The molecule has 2 aliphatic heterocycles. The standard InChI is InChI=1S/C23H28N6O3/c1-31-13-4-6-17-15(8-13)23(22(30)26-17)9-16(23)12-3-5-14-18(7-12)28-29-20(14)27-21-19(32-2)10-24-11-25-21/h4,6,8,10-12,14,16,18,20,28-29H,3,5,7,9H2,1-2H3,(H,26,30)(H,24,25,27)/t12?,14?,16-,18?,20?,23-/m0/s1. The SMILES string of the molecule is COc1ccc2c(c1)[C@]1(C[C@H]1C1CCC3C(C1)NNC3Nc1ncncc1OC)C(=O)N2. The smallest absolute Gasteiger partial charge is 0.235 e. The first-order valence-corrected chi connectivity index (χ1v) is 11.3. The first-order chi connectivity index (χ1) is 15.6. The fraction of sp³-hybridized carbons (Fsp3) is 0.522. The van der Waals surface area contributed by atoms with Gasteiger partial charge >= 0.3 is 0 Å². The maximum atomic E-state index is 13.0. The van der Waals surface area contributed by atoms with E-state index in [1.165, 1.54) is 6.33 Å². The van der Waals surface area contributed by atoms with E-state index in [9.17, 15) is 4.79 Å². The van der Waals surface area contributed by atoms with E-state index in [0.717, 1.165) is 42.7 Å². The van der Waals surface area contributed by atoms with E-state index < -0.39 is 0 Å². The van der Waals surface area contributed by atoms with Crippen molar-refractivity contribution in [3.8, 4) is 11.5 Å². The van der Waals surface area contributed by atoms with Crippen molar-refractivity contribution in [3.05, 3.63) is 36.3 Å². The maximum absolute atomic E-state index is 13.0. The Morgan fingerprint density at radius 3 is 2.94 bits per heavy atom. The van der Waals surface area contributed by atoms with Crippen LogP contribution in [-0.2, 0) is 10.2 Å². The number of hydrazine groups is 1. The van der Waals surface area contributed by atoms with Crippen LogP contribution in [0.25, 0.3) is 0 Å². The fourth-order valence-corrected chi connectivity index (χ4v) is 6.24. The van der Waals surface area contributed by atoms with E-state index in [0.29, 0.717) is 35.4 Å². The monoisotopic (exact) mass is 436 g/mol. The molecule has 2 aliphatic carbocycles. The van der Waals surface area contributed by atoms with Crippen LogP contribution in [0.2, 0.25) is 0 Å². The van der Waals surface area contributed by atoms with Gasteiger partial charge in [-0.2, -0.15) is 0 Å². The summed E-state index contributed by atoms with van der Waals surface area (Å²) in [6.07, 6.45) is 7.43. The number of ether oxygens (including phenoxy) is 2. The molecule has 3 fully saturated rings. The molecule has 4 aliphatic rings. The van der Waals surface area contributed by atoms with Crippen molar-refractivity contribution in [2.75, 3.05) is 24.9 Å². The van der Waals surface area contributed by atoms with Gasteiger partial charge in [-0.15, -0.1) is 0 Å². The Hall–Kier alpha value is -2.91. The number of rotatable bonds is 5. The molecule has 1 saturated heterocycles. The quantitative estimate of drug-likeness (QED) is 0.564. The zero-order valence-corrected chi connectivity index (χ0v) is 18.2. The number of hydrogen-bond acceptors (Lipinski definition) is 8. The van der Waals surface area contributed by atoms with E-state index >= 15 is 0 Å². The zero-order valence-electron chi connectivity index (χ0n) is 18.2. The molecule has 4 unspecified atom stereocenters. The average molecular weight is 437 g/mol. The zero-order chi connectivity index (χ0) is 21.9. The summed E-state index contributed by atoms with van der Waals surface area (Å²) >= 11 is 0. The van der Waals surface area contributed by atoms with Crippen LogP contribution in [0.3, 0.4) is 0 Å². The molecule has 2 saturated carbocycles. The topological polar surface area (TPSA) is 109 Å². The molecule has 6 atom stereocenters. The summed E-state index contributed by atoms with van der Waals surface area (Å²) in [6, 6.07) is 6.27. The fourth-order valence-electron chi connectivity index (χ4n) is 6.24.